The summed E-state index contributed by atoms with van der Waals surface area (Å²) in [6.45, 7) is -1.82. The van der Waals surface area contributed by atoms with E-state index in [1.165, 1.54) is 16.8 Å². The van der Waals surface area contributed by atoms with Crippen LogP contribution in [0.3, 0.4) is 0 Å². The normalized spacial score (nSPS) is 16.2. The number of halogens is 4. The van der Waals surface area contributed by atoms with Gasteiger partial charge in [-0.05, 0) is 48.6 Å². The van der Waals surface area contributed by atoms with E-state index in [4.69, 9.17) is 4.74 Å². The number of hydrogen-bond donors (Lipinski definition) is 0. The number of alkyl halides is 2. The molecule has 3 heterocycles. The molecule has 216 valence electrons. The van der Waals surface area contributed by atoms with Crippen LogP contribution >= 0.6 is 0 Å². The Morgan fingerprint density at radius 1 is 1.10 bits per heavy atom. The van der Waals surface area contributed by atoms with Crippen molar-refractivity contribution in [3.63, 3.8) is 0 Å². The van der Waals surface area contributed by atoms with Crippen LogP contribution < -0.4 is 16.0 Å². The van der Waals surface area contributed by atoms with Gasteiger partial charge in [-0.2, -0.15) is 0 Å². The zero-order chi connectivity index (χ0) is 29.1. The molecule has 0 bridgehead atoms. The predicted molar refractivity (Wildman–Crippen MR) is 144 cm³/mol. The number of rotatable bonds is 9. The molecule has 8 nitrogen and oxygen atoms in total. The standard InChI is InChI=1S/C29H28F4N4O4/c30-13-22(14-31)41-27-11-23-26(12-24(27)33)37(21-6-8-35(17-38)9-7-21)29(40)36(28(23)39)16-18-4-5-25(34-15-18)19-2-1-3-20(32)10-19/h2,4-5,10-12,15,17,21-22H,1,3,6-9,13-14,16H2. The van der Waals surface area contributed by atoms with Gasteiger partial charge in [-0.3, -0.25) is 23.7 Å². The number of carbonyl (C=O) groups excluding carboxylic acids is 1. The second-order valence-electron chi connectivity index (χ2n) is 10.1. The highest BCUT2D eigenvalue weighted by Gasteiger charge is 2.26. The molecule has 0 saturated carbocycles. The maximum atomic E-state index is 15.1. The minimum absolute atomic E-state index is 0.0224. The summed E-state index contributed by atoms with van der Waals surface area (Å²) in [7, 11) is 0. The van der Waals surface area contributed by atoms with Crippen molar-refractivity contribution in [2.45, 2.75) is 44.4 Å². The van der Waals surface area contributed by atoms with Crippen LogP contribution in [0.5, 0.6) is 5.75 Å². The number of piperidine rings is 1. The Morgan fingerprint density at radius 2 is 1.85 bits per heavy atom. The van der Waals surface area contributed by atoms with Crippen LogP contribution in [0.1, 0.15) is 43.0 Å². The summed E-state index contributed by atoms with van der Waals surface area (Å²) in [4.78, 5) is 44.6. The van der Waals surface area contributed by atoms with Gasteiger partial charge in [0.15, 0.2) is 17.7 Å². The molecule has 1 fully saturated rings. The molecule has 3 aromatic rings. The molecule has 1 aromatic carbocycles. The summed E-state index contributed by atoms with van der Waals surface area (Å²) in [5, 5.41) is -0.0622. The van der Waals surface area contributed by atoms with Gasteiger partial charge in [0.05, 0.1) is 23.1 Å². The molecular weight excluding hydrogens is 544 g/mol. The zero-order valence-electron chi connectivity index (χ0n) is 22.1. The van der Waals surface area contributed by atoms with E-state index in [0.717, 1.165) is 23.1 Å². The van der Waals surface area contributed by atoms with Crippen LogP contribution in [0, 0.1) is 5.82 Å². The number of nitrogens with zero attached hydrogens (tertiary/aromatic N) is 4. The highest BCUT2D eigenvalue weighted by atomic mass is 19.1. The van der Waals surface area contributed by atoms with E-state index in [-0.39, 0.29) is 23.3 Å². The van der Waals surface area contributed by atoms with Crippen molar-refractivity contribution >= 4 is 22.9 Å². The number of likely N-dealkylation sites (tertiary alicyclic amines) is 1. The largest absolute Gasteiger partial charge is 0.482 e. The fourth-order valence-electron chi connectivity index (χ4n) is 5.21. The van der Waals surface area contributed by atoms with Crippen molar-refractivity contribution in [2.24, 2.45) is 0 Å². The van der Waals surface area contributed by atoms with Gasteiger partial charge in [0.1, 0.15) is 19.2 Å². The highest BCUT2D eigenvalue weighted by molar-refractivity contribution is 5.80. The van der Waals surface area contributed by atoms with Crippen molar-refractivity contribution in [1.29, 1.82) is 0 Å². The minimum Gasteiger partial charge on any atom is -0.482 e. The van der Waals surface area contributed by atoms with Gasteiger partial charge in [-0.15, -0.1) is 0 Å². The van der Waals surface area contributed by atoms with Crippen molar-refractivity contribution in [2.75, 3.05) is 26.4 Å². The smallest absolute Gasteiger partial charge is 0.332 e. The number of benzene rings is 1. The summed E-state index contributed by atoms with van der Waals surface area (Å²) in [6.07, 6.45) is 5.65. The van der Waals surface area contributed by atoms with Crippen LogP contribution in [0.15, 0.2) is 58.0 Å². The lowest BCUT2D eigenvalue weighted by atomic mass is 10.0. The van der Waals surface area contributed by atoms with Crippen LogP contribution in [0.4, 0.5) is 17.6 Å². The first-order valence-corrected chi connectivity index (χ1v) is 13.3. The van der Waals surface area contributed by atoms with Crippen LogP contribution in [-0.4, -0.2) is 58.0 Å². The summed E-state index contributed by atoms with van der Waals surface area (Å²) in [5.74, 6) is -1.71. The Balaban J connectivity index is 1.59. The van der Waals surface area contributed by atoms with E-state index in [9.17, 15) is 27.6 Å². The summed E-state index contributed by atoms with van der Waals surface area (Å²) >= 11 is 0. The maximum Gasteiger partial charge on any atom is 0.332 e. The third kappa shape index (κ3) is 5.82. The molecule has 1 saturated heterocycles. The molecule has 12 heteroatoms. The summed E-state index contributed by atoms with van der Waals surface area (Å²) in [6, 6.07) is 4.95. The van der Waals surface area contributed by atoms with Crippen LogP contribution in [0.2, 0.25) is 0 Å². The van der Waals surface area contributed by atoms with E-state index in [0.29, 0.717) is 55.6 Å². The molecule has 41 heavy (non-hydrogen) atoms. The van der Waals surface area contributed by atoms with Crippen molar-refractivity contribution in [1.82, 2.24) is 19.0 Å². The monoisotopic (exact) mass is 572 g/mol. The van der Waals surface area contributed by atoms with Gasteiger partial charge in [0.2, 0.25) is 6.41 Å². The van der Waals surface area contributed by atoms with E-state index in [1.54, 1.807) is 17.0 Å². The van der Waals surface area contributed by atoms with Gasteiger partial charge < -0.3 is 9.64 Å². The number of allylic oxidation sites excluding steroid dienone is 4. The average Bonchev–Trinajstić information content (AvgIpc) is 2.99. The third-order valence-electron chi connectivity index (χ3n) is 7.39. The molecular formula is C29H28F4N4O4. The lowest BCUT2D eigenvalue weighted by Gasteiger charge is -2.31. The van der Waals surface area contributed by atoms with Crippen molar-refractivity contribution in [3.05, 3.63) is 86.4 Å². The number of fused-ring (bicyclic) bond motifs is 1. The Hall–Kier alpha value is -4.22. The lowest BCUT2D eigenvalue weighted by molar-refractivity contribution is -0.119. The Morgan fingerprint density at radius 3 is 2.49 bits per heavy atom. The van der Waals surface area contributed by atoms with E-state index < -0.39 is 48.3 Å². The SMILES string of the molecule is O=CN1CCC(n2c(=O)n(Cc3ccc(C4=CCCC(F)=C4)nc3)c(=O)c3cc(OC(CF)CF)c(F)cc32)CC1. The van der Waals surface area contributed by atoms with Crippen molar-refractivity contribution < 1.29 is 27.1 Å². The van der Waals surface area contributed by atoms with Gasteiger partial charge in [-0.1, -0.05) is 12.1 Å². The molecule has 5 rings (SSSR count). The van der Waals surface area contributed by atoms with Gasteiger partial charge in [0.25, 0.3) is 5.56 Å². The maximum absolute atomic E-state index is 15.1. The first kappa shape index (κ1) is 28.3. The quantitative estimate of drug-likeness (QED) is 0.283. The molecule has 0 N–H and O–H groups in total. The van der Waals surface area contributed by atoms with Crippen molar-refractivity contribution in [3.8, 4) is 5.75 Å². The Labute approximate surface area is 232 Å². The van der Waals surface area contributed by atoms with Gasteiger partial charge >= 0.3 is 5.69 Å². The molecule has 0 spiro atoms. The zero-order valence-corrected chi connectivity index (χ0v) is 22.1. The third-order valence-corrected chi connectivity index (χ3v) is 7.39. The molecule has 2 aliphatic rings. The molecule has 1 aliphatic carbocycles. The summed E-state index contributed by atoms with van der Waals surface area (Å²) in [5.41, 5.74) is 0.313. The van der Waals surface area contributed by atoms with Gasteiger partial charge in [0, 0.05) is 37.8 Å². The van der Waals surface area contributed by atoms with Gasteiger partial charge in [-0.25, -0.2) is 22.4 Å². The molecule has 1 aliphatic heterocycles. The number of ether oxygens (including phenoxy) is 1. The topological polar surface area (TPSA) is 86.4 Å². The Kier molecular flexibility index (Phi) is 8.36. The first-order valence-electron chi connectivity index (χ1n) is 13.3. The number of amides is 1. The number of carbonyl (C=O) groups is 1. The Bertz CT molecular complexity index is 1620. The molecule has 0 atom stereocenters. The average molecular weight is 573 g/mol. The number of pyridine rings is 1. The molecule has 2 aromatic heterocycles. The minimum atomic E-state index is -1.55. The second-order valence-corrected chi connectivity index (χ2v) is 10.1. The fraction of sp³-hybridized carbons (Fsp3) is 0.379. The molecule has 1 amide bonds. The van der Waals surface area contributed by atoms with E-state index >= 15 is 4.39 Å². The second kappa shape index (κ2) is 12.1. The molecule has 0 unspecified atom stereocenters. The first-order chi connectivity index (χ1) is 19.8. The summed E-state index contributed by atoms with van der Waals surface area (Å²) < 4.78 is 62.5. The number of aromatic nitrogens is 3. The number of hydrogen-bond acceptors (Lipinski definition) is 5. The molecule has 0 radical (unpaired) electrons. The lowest BCUT2D eigenvalue weighted by Crippen LogP contribution is -2.44. The van der Waals surface area contributed by atoms with Crippen LogP contribution in [-0.2, 0) is 11.3 Å². The highest BCUT2D eigenvalue weighted by Crippen LogP contribution is 2.29. The van der Waals surface area contributed by atoms with Crippen LogP contribution in [0.25, 0.3) is 16.5 Å². The van der Waals surface area contributed by atoms with E-state index in [2.05, 4.69) is 4.98 Å². The van der Waals surface area contributed by atoms with E-state index in [1.807, 2.05) is 6.08 Å². The predicted octanol–water partition coefficient (Wildman–Crippen LogP) is 4.26. The fourth-order valence-corrected chi connectivity index (χ4v) is 5.21.